The van der Waals surface area contributed by atoms with E-state index in [4.69, 9.17) is 21.1 Å². The molecule has 0 fully saturated rings. The second-order valence-electron chi connectivity index (χ2n) is 8.98. The van der Waals surface area contributed by atoms with Crippen LogP contribution in [-0.4, -0.2) is 53.1 Å². The second kappa shape index (κ2) is 13.3. The first-order chi connectivity index (χ1) is 17.8. The maximum absolute atomic E-state index is 14.3. The van der Waals surface area contributed by atoms with E-state index in [1.54, 1.807) is 25.1 Å². The fourth-order valence-corrected chi connectivity index (χ4v) is 4.32. The number of aromatic amines is 1. The third kappa shape index (κ3) is 7.84. The number of nitrogens with one attached hydrogen (secondary N) is 2. The van der Waals surface area contributed by atoms with Crippen LogP contribution in [0.2, 0.25) is 5.02 Å². The number of hydrogen-bond acceptors (Lipinski definition) is 6. The van der Waals surface area contributed by atoms with Gasteiger partial charge in [-0.2, -0.15) is 15.4 Å². The number of halogens is 2. The average molecular weight is 531 g/mol. The molecule has 0 unspecified atom stereocenters. The molecule has 2 atom stereocenters. The SMILES string of the molecule is CCOCC[C@](C)(C[C@@H](Cc1ccc(-c2cc(Cl)ccc2F)cc1)NC(=O)c1cn[nH]n1)C(=O)OCC. The summed E-state index contributed by atoms with van der Waals surface area (Å²) in [5.74, 6) is -1.12. The summed E-state index contributed by atoms with van der Waals surface area (Å²) >= 11 is 6.05. The van der Waals surface area contributed by atoms with Gasteiger partial charge in [0.05, 0.1) is 18.2 Å². The van der Waals surface area contributed by atoms with Gasteiger partial charge in [-0.1, -0.05) is 35.9 Å². The predicted molar refractivity (Wildman–Crippen MR) is 139 cm³/mol. The molecule has 0 saturated heterocycles. The Morgan fingerprint density at radius 2 is 1.92 bits per heavy atom. The van der Waals surface area contributed by atoms with Gasteiger partial charge in [-0.15, -0.1) is 0 Å². The van der Waals surface area contributed by atoms with Gasteiger partial charge in [0.2, 0.25) is 0 Å². The van der Waals surface area contributed by atoms with Crippen molar-refractivity contribution in [1.29, 1.82) is 0 Å². The lowest BCUT2D eigenvalue weighted by Crippen LogP contribution is -2.43. The number of esters is 1. The summed E-state index contributed by atoms with van der Waals surface area (Å²) in [4.78, 5) is 25.8. The van der Waals surface area contributed by atoms with Crippen molar-refractivity contribution in [3.8, 4) is 11.1 Å². The first-order valence-electron chi connectivity index (χ1n) is 12.2. The van der Waals surface area contributed by atoms with Crippen molar-refractivity contribution in [2.75, 3.05) is 19.8 Å². The monoisotopic (exact) mass is 530 g/mol. The van der Waals surface area contributed by atoms with E-state index in [2.05, 4.69) is 20.7 Å². The summed E-state index contributed by atoms with van der Waals surface area (Å²) in [6.07, 6.45) is 2.50. The lowest BCUT2D eigenvalue weighted by molar-refractivity contribution is -0.156. The molecule has 37 heavy (non-hydrogen) atoms. The zero-order valence-corrected chi connectivity index (χ0v) is 22.0. The summed E-state index contributed by atoms with van der Waals surface area (Å²) in [5.41, 5.74) is 1.23. The highest BCUT2D eigenvalue weighted by Crippen LogP contribution is 2.32. The molecule has 2 aromatic carbocycles. The van der Waals surface area contributed by atoms with E-state index in [0.29, 0.717) is 48.6 Å². The number of rotatable bonds is 13. The van der Waals surface area contributed by atoms with Gasteiger partial charge in [-0.05, 0) is 69.4 Å². The molecule has 1 aromatic heterocycles. The van der Waals surface area contributed by atoms with E-state index in [1.165, 1.54) is 18.3 Å². The van der Waals surface area contributed by atoms with Crippen LogP contribution in [0.5, 0.6) is 0 Å². The van der Waals surface area contributed by atoms with Gasteiger partial charge in [0.1, 0.15) is 5.82 Å². The van der Waals surface area contributed by atoms with Gasteiger partial charge < -0.3 is 14.8 Å². The van der Waals surface area contributed by atoms with E-state index in [0.717, 1.165) is 5.56 Å². The Morgan fingerprint density at radius 1 is 1.16 bits per heavy atom. The molecule has 3 rings (SSSR count). The fourth-order valence-electron chi connectivity index (χ4n) is 4.15. The van der Waals surface area contributed by atoms with Gasteiger partial charge in [0, 0.05) is 29.8 Å². The number of benzene rings is 2. The molecule has 0 saturated carbocycles. The van der Waals surface area contributed by atoms with Gasteiger partial charge in [0.15, 0.2) is 5.69 Å². The first-order valence-corrected chi connectivity index (χ1v) is 12.6. The maximum Gasteiger partial charge on any atom is 0.311 e. The number of nitrogens with zero attached hydrogens (tertiary/aromatic N) is 2. The van der Waals surface area contributed by atoms with Crippen molar-refractivity contribution in [3.05, 3.63) is 70.8 Å². The van der Waals surface area contributed by atoms with Crippen LogP contribution in [0.4, 0.5) is 4.39 Å². The Labute approximate surface area is 220 Å². The highest BCUT2D eigenvalue weighted by molar-refractivity contribution is 6.30. The number of aromatic nitrogens is 3. The predicted octanol–water partition coefficient (Wildman–Crippen LogP) is 4.99. The summed E-state index contributed by atoms with van der Waals surface area (Å²) in [7, 11) is 0. The number of amides is 1. The van der Waals surface area contributed by atoms with Crippen molar-refractivity contribution in [2.24, 2.45) is 5.41 Å². The van der Waals surface area contributed by atoms with Crippen LogP contribution in [0.1, 0.15) is 49.7 Å². The van der Waals surface area contributed by atoms with Crippen LogP contribution in [0.3, 0.4) is 0 Å². The molecule has 198 valence electrons. The first kappa shape index (κ1) is 28.3. The minimum absolute atomic E-state index is 0.143. The van der Waals surface area contributed by atoms with Crippen molar-refractivity contribution in [1.82, 2.24) is 20.7 Å². The highest BCUT2D eigenvalue weighted by Gasteiger charge is 2.37. The normalized spacial score (nSPS) is 13.5. The summed E-state index contributed by atoms with van der Waals surface area (Å²) in [5, 5.41) is 13.4. The Bertz CT molecular complexity index is 1170. The largest absolute Gasteiger partial charge is 0.466 e. The minimum atomic E-state index is -0.892. The lowest BCUT2D eigenvalue weighted by Gasteiger charge is -2.32. The van der Waals surface area contributed by atoms with Gasteiger partial charge in [0.25, 0.3) is 5.91 Å². The van der Waals surface area contributed by atoms with Crippen LogP contribution in [0, 0.1) is 11.2 Å². The molecule has 1 amide bonds. The topological polar surface area (TPSA) is 106 Å². The molecule has 10 heteroatoms. The van der Waals surface area contributed by atoms with Crippen molar-refractivity contribution < 1.29 is 23.5 Å². The Morgan fingerprint density at radius 3 is 2.57 bits per heavy atom. The molecule has 2 N–H and O–H groups in total. The van der Waals surface area contributed by atoms with Gasteiger partial charge in [-0.25, -0.2) is 4.39 Å². The third-order valence-electron chi connectivity index (χ3n) is 6.13. The van der Waals surface area contributed by atoms with Gasteiger partial charge >= 0.3 is 5.97 Å². The average Bonchev–Trinajstić information content (AvgIpc) is 3.42. The molecule has 0 aliphatic heterocycles. The molecule has 0 aliphatic rings. The van der Waals surface area contributed by atoms with Crippen molar-refractivity contribution in [3.63, 3.8) is 0 Å². The number of carbonyl (C=O) groups is 2. The Hall–Kier alpha value is -3.30. The molecular formula is C27H32ClFN4O4. The summed E-state index contributed by atoms with van der Waals surface area (Å²) < 4.78 is 25.2. The second-order valence-corrected chi connectivity index (χ2v) is 9.42. The zero-order chi connectivity index (χ0) is 26.8. The Kier molecular flexibility index (Phi) is 10.2. The molecular weight excluding hydrogens is 499 g/mol. The van der Waals surface area contributed by atoms with Crippen molar-refractivity contribution >= 4 is 23.5 Å². The zero-order valence-electron chi connectivity index (χ0n) is 21.2. The summed E-state index contributed by atoms with van der Waals surface area (Å²) in [6.45, 7) is 6.64. The van der Waals surface area contributed by atoms with Crippen LogP contribution in [0.25, 0.3) is 11.1 Å². The summed E-state index contributed by atoms with van der Waals surface area (Å²) in [6, 6.07) is 11.3. The van der Waals surface area contributed by atoms with E-state index in [1.807, 2.05) is 26.0 Å². The smallest absolute Gasteiger partial charge is 0.311 e. The molecule has 0 bridgehead atoms. The van der Waals surface area contributed by atoms with Crippen LogP contribution in [0.15, 0.2) is 48.7 Å². The Balaban J connectivity index is 1.85. The van der Waals surface area contributed by atoms with Crippen LogP contribution in [-0.2, 0) is 20.7 Å². The molecule has 1 heterocycles. The molecule has 0 radical (unpaired) electrons. The standard InChI is InChI=1S/C27H32ClFN4O4/c1-4-36-13-12-27(3,26(35)37-5-2)16-21(31-25(34)24-17-30-33-32-24)14-18-6-8-19(9-7-18)22-15-20(28)10-11-23(22)29/h6-11,15,17,21H,4-5,12-14,16H2,1-3H3,(H,31,34)(H,30,32,33)/t21-,27-/m1/s1. The minimum Gasteiger partial charge on any atom is -0.466 e. The van der Waals surface area contributed by atoms with E-state index in [9.17, 15) is 14.0 Å². The van der Waals surface area contributed by atoms with Gasteiger partial charge in [-0.3, -0.25) is 9.59 Å². The van der Waals surface area contributed by atoms with E-state index in [-0.39, 0.29) is 24.1 Å². The van der Waals surface area contributed by atoms with Crippen LogP contribution >= 0.6 is 11.6 Å². The molecule has 0 spiro atoms. The number of H-pyrrole nitrogens is 1. The van der Waals surface area contributed by atoms with E-state index < -0.39 is 17.4 Å². The molecule has 8 nitrogen and oxygen atoms in total. The third-order valence-corrected chi connectivity index (χ3v) is 6.36. The highest BCUT2D eigenvalue weighted by atomic mass is 35.5. The quantitative estimate of drug-likeness (QED) is 0.238. The van der Waals surface area contributed by atoms with Crippen molar-refractivity contribution in [2.45, 2.75) is 46.1 Å². The number of ether oxygens (including phenoxy) is 2. The van der Waals surface area contributed by atoms with E-state index >= 15 is 0 Å². The number of carbonyl (C=O) groups excluding carboxylic acids is 2. The fraction of sp³-hybridized carbons (Fsp3) is 0.407. The maximum atomic E-state index is 14.3. The molecule has 0 aliphatic carbocycles. The number of hydrogen-bond donors (Lipinski definition) is 2. The lowest BCUT2D eigenvalue weighted by atomic mass is 9.79. The van der Waals surface area contributed by atoms with Crippen LogP contribution < -0.4 is 5.32 Å². The molecule has 3 aromatic rings.